The van der Waals surface area contributed by atoms with Crippen molar-refractivity contribution in [3.8, 4) is 5.75 Å². The van der Waals surface area contributed by atoms with Gasteiger partial charge in [-0.2, -0.15) is 0 Å². The van der Waals surface area contributed by atoms with Crippen LogP contribution in [0.4, 0.5) is 0 Å². The number of hydrogen-bond acceptors (Lipinski definition) is 4. The third-order valence-corrected chi connectivity index (χ3v) is 5.54. The Kier molecular flexibility index (Phi) is 4.85. The molecule has 2 aromatic carbocycles. The Morgan fingerprint density at radius 2 is 1.89 bits per heavy atom. The van der Waals surface area contributed by atoms with E-state index in [0.29, 0.717) is 32.7 Å². The lowest BCUT2D eigenvalue weighted by Crippen LogP contribution is -2.26. The van der Waals surface area contributed by atoms with Gasteiger partial charge in [0.25, 0.3) is 5.91 Å². The molecule has 1 saturated carbocycles. The maximum Gasteiger partial charge on any atom is 0.310 e. The van der Waals surface area contributed by atoms with Gasteiger partial charge in [0.1, 0.15) is 11.9 Å². The number of aromatic hydroxyl groups is 1. The van der Waals surface area contributed by atoms with Crippen LogP contribution in [0, 0.1) is 6.92 Å². The van der Waals surface area contributed by atoms with Crippen LogP contribution in [-0.2, 0) is 16.0 Å². The number of aromatic nitrogens is 1. The van der Waals surface area contributed by atoms with Crippen LogP contribution in [-0.4, -0.2) is 27.7 Å². The normalized spacial score (nSPS) is 14.1. The number of phenols is 1. The second-order valence-electron chi connectivity index (χ2n) is 7.13. The van der Waals surface area contributed by atoms with Crippen molar-refractivity contribution < 1.29 is 19.4 Å². The van der Waals surface area contributed by atoms with Crippen LogP contribution >= 0.6 is 11.6 Å². The Morgan fingerprint density at radius 3 is 2.54 bits per heavy atom. The van der Waals surface area contributed by atoms with Crippen LogP contribution in [0.3, 0.4) is 0 Å². The van der Waals surface area contributed by atoms with Crippen LogP contribution in [0.15, 0.2) is 42.5 Å². The molecule has 144 valence electrons. The summed E-state index contributed by atoms with van der Waals surface area (Å²) in [4.78, 5) is 25.5. The third kappa shape index (κ3) is 3.38. The van der Waals surface area contributed by atoms with Gasteiger partial charge in [-0.25, -0.2) is 0 Å². The van der Waals surface area contributed by atoms with Crippen LogP contribution in [0.5, 0.6) is 5.75 Å². The molecule has 0 atom stereocenters. The summed E-state index contributed by atoms with van der Waals surface area (Å²) in [6.45, 7) is 1.80. The summed E-state index contributed by atoms with van der Waals surface area (Å²) in [5.74, 6) is -0.449. The number of ether oxygens (including phenoxy) is 1. The molecule has 1 N–H and O–H groups in total. The fraction of sp³-hybridized carbons (Fsp3) is 0.273. The number of phenolic OH excluding ortho intramolecular Hbond substituents is 1. The van der Waals surface area contributed by atoms with E-state index < -0.39 is 0 Å². The van der Waals surface area contributed by atoms with Crippen LogP contribution in [0.1, 0.15) is 40.9 Å². The van der Waals surface area contributed by atoms with Crippen molar-refractivity contribution in [1.29, 1.82) is 0 Å². The van der Waals surface area contributed by atoms with Gasteiger partial charge in [-0.3, -0.25) is 14.2 Å². The highest BCUT2D eigenvalue weighted by atomic mass is 35.5. The molecule has 6 heteroatoms. The molecule has 1 fully saturated rings. The lowest BCUT2D eigenvalue weighted by Gasteiger charge is -2.25. The number of fused-ring (bicyclic) bond motifs is 1. The molecule has 3 aromatic rings. The van der Waals surface area contributed by atoms with Crippen molar-refractivity contribution in [1.82, 2.24) is 4.57 Å². The second kappa shape index (κ2) is 7.32. The van der Waals surface area contributed by atoms with E-state index in [4.69, 9.17) is 16.3 Å². The summed E-state index contributed by atoms with van der Waals surface area (Å²) in [6.07, 6.45) is 2.96. The zero-order chi connectivity index (χ0) is 19.8. The number of carbonyl (C=O) groups excluding carboxylic acids is 2. The minimum atomic E-state index is -0.311. The van der Waals surface area contributed by atoms with Crippen LogP contribution in [0.2, 0.25) is 5.02 Å². The van der Waals surface area contributed by atoms with Crippen molar-refractivity contribution in [2.24, 2.45) is 0 Å². The van der Waals surface area contributed by atoms with Gasteiger partial charge in [0.15, 0.2) is 0 Å². The highest BCUT2D eigenvalue weighted by molar-refractivity contribution is 6.30. The number of carbonyl (C=O) groups is 2. The lowest BCUT2D eigenvalue weighted by molar-refractivity contribution is -0.152. The molecule has 0 bridgehead atoms. The van der Waals surface area contributed by atoms with Gasteiger partial charge in [0.2, 0.25) is 0 Å². The molecule has 28 heavy (non-hydrogen) atoms. The average Bonchev–Trinajstić information content (AvgIpc) is 2.90. The Labute approximate surface area is 167 Å². The van der Waals surface area contributed by atoms with Gasteiger partial charge in [-0.1, -0.05) is 11.6 Å². The molecular formula is C22H20ClNO4. The highest BCUT2D eigenvalue weighted by Gasteiger charge is 2.25. The molecule has 0 saturated heterocycles. The van der Waals surface area contributed by atoms with Crippen molar-refractivity contribution >= 4 is 34.4 Å². The first-order valence-electron chi connectivity index (χ1n) is 9.26. The molecule has 1 aromatic heterocycles. The zero-order valence-electron chi connectivity index (χ0n) is 15.4. The van der Waals surface area contributed by atoms with Crippen molar-refractivity contribution in [2.45, 2.75) is 38.7 Å². The number of esters is 1. The van der Waals surface area contributed by atoms with E-state index in [1.54, 1.807) is 47.9 Å². The summed E-state index contributed by atoms with van der Waals surface area (Å²) < 4.78 is 7.06. The number of nitrogens with zero attached hydrogens (tertiary/aromatic N) is 1. The largest absolute Gasteiger partial charge is 0.508 e. The highest BCUT2D eigenvalue weighted by Crippen LogP contribution is 2.31. The molecule has 4 rings (SSSR count). The number of benzene rings is 2. The van der Waals surface area contributed by atoms with Gasteiger partial charge in [-0.05, 0) is 74.2 Å². The fourth-order valence-electron chi connectivity index (χ4n) is 3.54. The average molecular weight is 398 g/mol. The van der Waals surface area contributed by atoms with E-state index in [-0.39, 0.29) is 30.2 Å². The maximum atomic E-state index is 13.2. The van der Waals surface area contributed by atoms with Gasteiger partial charge in [0.05, 0.1) is 11.9 Å². The second-order valence-corrected chi connectivity index (χ2v) is 7.57. The lowest BCUT2D eigenvalue weighted by atomic mass is 9.96. The van der Waals surface area contributed by atoms with E-state index in [1.165, 1.54) is 6.07 Å². The molecule has 0 aliphatic heterocycles. The summed E-state index contributed by atoms with van der Waals surface area (Å²) in [7, 11) is 0. The first-order chi connectivity index (χ1) is 13.4. The standard InChI is InChI=1S/C22H20ClNO4/c1-13-18(12-21(26)28-17-3-2-4-17)19-11-16(25)9-10-20(19)24(13)22(27)14-5-7-15(23)8-6-14/h5-11,17,25H,2-4,12H2,1H3. The van der Waals surface area contributed by atoms with E-state index >= 15 is 0 Å². The molecular weight excluding hydrogens is 378 g/mol. The Hall–Kier alpha value is -2.79. The SMILES string of the molecule is Cc1c(CC(=O)OC2CCC2)c2cc(O)ccc2n1C(=O)c1ccc(Cl)cc1. The quantitative estimate of drug-likeness (QED) is 0.651. The zero-order valence-corrected chi connectivity index (χ0v) is 16.2. The Bertz CT molecular complexity index is 1060. The number of halogens is 1. The van der Waals surface area contributed by atoms with E-state index in [2.05, 4.69) is 0 Å². The molecule has 0 amide bonds. The van der Waals surface area contributed by atoms with Gasteiger partial charge < -0.3 is 9.84 Å². The van der Waals surface area contributed by atoms with E-state index in [1.807, 2.05) is 0 Å². The van der Waals surface area contributed by atoms with Crippen LogP contribution < -0.4 is 0 Å². The summed E-state index contributed by atoms with van der Waals surface area (Å²) in [6, 6.07) is 11.5. The molecule has 0 radical (unpaired) electrons. The predicted molar refractivity (Wildman–Crippen MR) is 107 cm³/mol. The Morgan fingerprint density at radius 1 is 1.18 bits per heavy atom. The van der Waals surface area contributed by atoms with E-state index in [0.717, 1.165) is 19.3 Å². The van der Waals surface area contributed by atoms with Crippen LogP contribution in [0.25, 0.3) is 10.9 Å². The Balaban J connectivity index is 1.76. The first kappa shape index (κ1) is 18.6. The third-order valence-electron chi connectivity index (χ3n) is 5.28. The molecule has 5 nitrogen and oxygen atoms in total. The molecule has 1 aliphatic rings. The smallest absolute Gasteiger partial charge is 0.310 e. The molecule has 1 aliphatic carbocycles. The van der Waals surface area contributed by atoms with Crippen molar-refractivity contribution in [2.75, 3.05) is 0 Å². The minimum Gasteiger partial charge on any atom is -0.508 e. The fourth-order valence-corrected chi connectivity index (χ4v) is 3.66. The predicted octanol–water partition coefficient (Wildman–Crippen LogP) is 4.64. The minimum absolute atomic E-state index is 0.00487. The van der Waals surface area contributed by atoms with Gasteiger partial charge >= 0.3 is 5.97 Å². The molecule has 1 heterocycles. The van der Waals surface area contributed by atoms with Crippen molar-refractivity contribution in [3.05, 3.63) is 64.3 Å². The van der Waals surface area contributed by atoms with E-state index in [9.17, 15) is 14.7 Å². The van der Waals surface area contributed by atoms with Crippen molar-refractivity contribution in [3.63, 3.8) is 0 Å². The maximum absolute atomic E-state index is 13.2. The number of hydrogen-bond donors (Lipinski definition) is 1. The molecule has 0 spiro atoms. The topological polar surface area (TPSA) is 68.5 Å². The van der Waals surface area contributed by atoms with Gasteiger partial charge in [0, 0.05) is 21.7 Å². The summed E-state index contributed by atoms with van der Waals surface area (Å²) in [5, 5.41) is 11.2. The first-order valence-corrected chi connectivity index (χ1v) is 9.64. The summed E-state index contributed by atoms with van der Waals surface area (Å²) >= 11 is 5.93. The molecule has 0 unspecified atom stereocenters. The summed E-state index contributed by atoms with van der Waals surface area (Å²) in [5.41, 5.74) is 2.48. The van der Waals surface area contributed by atoms with Gasteiger partial charge in [-0.15, -0.1) is 0 Å². The monoisotopic (exact) mass is 397 g/mol. The number of rotatable bonds is 4.